The van der Waals surface area contributed by atoms with E-state index >= 15 is 0 Å². The van der Waals surface area contributed by atoms with Crippen molar-refractivity contribution in [3.8, 4) is 0 Å². The molecule has 0 radical (unpaired) electrons. The van der Waals surface area contributed by atoms with Crippen LogP contribution in [0.2, 0.25) is 0 Å². The first-order valence-electron chi connectivity index (χ1n) is 8.78. The molecule has 1 aromatic heterocycles. The standard InChI is InChI=1S/C20H27N2O.BrH/c1-16-8-6-9-17(2)20(16)14-19(23)15-21-12-7-13-22(21)18-10-4-3-5-11-18;/h6-9,12-13,18H,3-5,10-11,14-15H2,1-2H3;1H/q+1;/p-1. The summed E-state index contributed by atoms with van der Waals surface area (Å²) in [6, 6.07) is 8.86. The number of hydrogen-bond donors (Lipinski definition) is 0. The largest absolute Gasteiger partial charge is 1.00 e. The summed E-state index contributed by atoms with van der Waals surface area (Å²) < 4.78 is 4.38. The van der Waals surface area contributed by atoms with Crippen LogP contribution in [0.15, 0.2) is 36.7 Å². The zero-order chi connectivity index (χ0) is 16.2. The van der Waals surface area contributed by atoms with E-state index in [0.717, 1.165) is 0 Å². The minimum Gasteiger partial charge on any atom is -1.00 e. The first kappa shape index (κ1) is 18.9. The lowest BCUT2D eigenvalue weighted by molar-refractivity contribution is -0.767. The fraction of sp³-hybridized carbons (Fsp3) is 0.500. The molecule has 2 aromatic rings. The topological polar surface area (TPSA) is 25.9 Å². The third kappa shape index (κ3) is 4.35. The van der Waals surface area contributed by atoms with Gasteiger partial charge in [0.2, 0.25) is 12.3 Å². The van der Waals surface area contributed by atoms with Crippen LogP contribution in [-0.4, -0.2) is 10.5 Å². The summed E-state index contributed by atoms with van der Waals surface area (Å²) in [6.45, 7) is 4.65. The molecule has 0 aliphatic heterocycles. The molecular weight excluding hydrogens is 364 g/mol. The Bertz CT molecular complexity index is 666. The monoisotopic (exact) mass is 390 g/mol. The maximum absolute atomic E-state index is 12.6. The molecule has 3 rings (SSSR count). The number of Topliss-reactive ketones (excluding diaryl/α,β-unsaturated/α-hetero) is 1. The molecule has 4 heteroatoms. The van der Waals surface area contributed by atoms with Crippen molar-refractivity contribution in [1.29, 1.82) is 0 Å². The van der Waals surface area contributed by atoms with Crippen LogP contribution in [-0.2, 0) is 17.8 Å². The van der Waals surface area contributed by atoms with E-state index in [1.165, 1.54) is 48.8 Å². The Morgan fingerprint density at radius 2 is 1.79 bits per heavy atom. The molecule has 0 bridgehead atoms. The molecule has 0 saturated heterocycles. The molecule has 0 unspecified atom stereocenters. The lowest BCUT2D eigenvalue weighted by Crippen LogP contribution is -3.00. The van der Waals surface area contributed by atoms with Crippen LogP contribution in [0.3, 0.4) is 0 Å². The van der Waals surface area contributed by atoms with Gasteiger partial charge in [0, 0.05) is 12.5 Å². The molecule has 1 aliphatic carbocycles. The van der Waals surface area contributed by atoms with Crippen LogP contribution in [0.4, 0.5) is 0 Å². The Morgan fingerprint density at radius 1 is 1.12 bits per heavy atom. The van der Waals surface area contributed by atoms with Crippen molar-refractivity contribution in [3.63, 3.8) is 0 Å². The quantitative estimate of drug-likeness (QED) is 0.690. The lowest BCUT2D eigenvalue weighted by atomic mass is 9.96. The van der Waals surface area contributed by atoms with Gasteiger partial charge in [0.1, 0.15) is 0 Å². The van der Waals surface area contributed by atoms with Gasteiger partial charge in [-0.25, -0.2) is 0 Å². The number of ketones is 1. The van der Waals surface area contributed by atoms with Gasteiger partial charge in [-0.3, -0.25) is 4.79 Å². The SMILES string of the molecule is Cc1cccc(C)c1CC(=O)C[n+]1cccn1C1CCCCC1.[Br-]. The van der Waals surface area contributed by atoms with E-state index in [1.807, 2.05) is 6.20 Å². The van der Waals surface area contributed by atoms with Crippen LogP contribution >= 0.6 is 0 Å². The highest BCUT2D eigenvalue weighted by molar-refractivity contribution is 5.80. The Labute approximate surface area is 155 Å². The Hall–Kier alpha value is -1.42. The van der Waals surface area contributed by atoms with Crippen LogP contribution in [0.5, 0.6) is 0 Å². The number of nitrogens with zero attached hydrogens (tertiary/aromatic N) is 2. The van der Waals surface area contributed by atoms with Gasteiger partial charge in [0.25, 0.3) is 0 Å². The molecule has 1 aromatic carbocycles. The molecule has 0 N–H and O–H groups in total. The van der Waals surface area contributed by atoms with Crippen molar-refractivity contribution in [2.75, 3.05) is 0 Å². The van der Waals surface area contributed by atoms with Crippen molar-refractivity contribution in [3.05, 3.63) is 53.3 Å². The highest BCUT2D eigenvalue weighted by Gasteiger charge is 2.23. The van der Waals surface area contributed by atoms with Gasteiger partial charge in [0.05, 0.1) is 12.2 Å². The minimum absolute atomic E-state index is 0. The van der Waals surface area contributed by atoms with Gasteiger partial charge >= 0.3 is 0 Å². The zero-order valence-electron chi connectivity index (χ0n) is 14.7. The third-order valence-electron chi connectivity index (χ3n) is 5.10. The Kier molecular flexibility index (Phi) is 6.79. The van der Waals surface area contributed by atoms with Crippen molar-refractivity contribution in [1.82, 2.24) is 4.68 Å². The number of benzene rings is 1. The molecule has 0 amide bonds. The van der Waals surface area contributed by atoms with Gasteiger partial charge in [-0.2, -0.15) is 4.68 Å². The summed E-state index contributed by atoms with van der Waals surface area (Å²) in [5.74, 6) is 0.281. The van der Waals surface area contributed by atoms with E-state index < -0.39 is 0 Å². The number of aryl methyl sites for hydroxylation is 2. The van der Waals surface area contributed by atoms with Crippen molar-refractivity contribution >= 4 is 5.78 Å². The smallest absolute Gasteiger partial charge is 0.230 e. The second-order valence-electron chi connectivity index (χ2n) is 6.85. The fourth-order valence-corrected chi connectivity index (χ4v) is 3.76. The Morgan fingerprint density at radius 3 is 2.46 bits per heavy atom. The van der Waals surface area contributed by atoms with E-state index in [0.29, 0.717) is 19.0 Å². The van der Waals surface area contributed by atoms with Crippen molar-refractivity contribution in [2.24, 2.45) is 0 Å². The van der Waals surface area contributed by atoms with Crippen LogP contribution in [0, 0.1) is 13.8 Å². The second-order valence-corrected chi connectivity index (χ2v) is 6.85. The second kappa shape index (κ2) is 8.61. The molecule has 0 atom stereocenters. The van der Waals surface area contributed by atoms with Gasteiger partial charge in [-0.1, -0.05) is 37.5 Å². The summed E-state index contributed by atoms with van der Waals surface area (Å²) in [5.41, 5.74) is 3.62. The summed E-state index contributed by atoms with van der Waals surface area (Å²) in [6.07, 6.45) is 11.1. The lowest BCUT2D eigenvalue weighted by Gasteiger charge is -2.20. The maximum atomic E-state index is 12.6. The first-order valence-corrected chi connectivity index (χ1v) is 8.78. The van der Waals surface area contributed by atoms with E-state index in [4.69, 9.17) is 0 Å². The average molecular weight is 391 g/mol. The molecule has 1 aliphatic rings. The normalized spacial score (nSPS) is 15.1. The van der Waals surface area contributed by atoms with E-state index in [2.05, 4.69) is 53.7 Å². The molecule has 1 heterocycles. The number of carbonyl (C=O) groups excluding carboxylic acids is 1. The fourth-order valence-electron chi connectivity index (χ4n) is 3.76. The van der Waals surface area contributed by atoms with Crippen LogP contribution in [0.25, 0.3) is 0 Å². The van der Waals surface area contributed by atoms with Crippen LogP contribution in [0.1, 0.15) is 54.8 Å². The average Bonchev–Trinajstić information content (AvgIpc) is 3.00. The number of aromatic nitrogens is 2. The molecule has 1 fully saturated rings. The highest BCUT2D eigenvalue weighted by Crippen LogP contribution is 2.26. The van der Waals surface area contributed by atoms with Crippen molar-refractivity contribution < 1.29 is 26.5 Å². The first-order chi connectivity index (χ1) is 11.1. The predicted molar refractivity (Wildman–Crippen MR) is 91.4 cm³/mol. The molecular formula is C20H27BrN2O. The molecule has 0 spiro atoms. The minimum atomic E-state index is 0. The summed E-state index contributed by atoms with van der Waals surface area (Å²) in [7, 11) is 0. The van der Waals surface area contributed by atoms with E-state index in [-0.39, 0.29) is 22.8 Å². The van der Waals surface area contributed by atoms with E-state index in [1.54, 1.807) is 0 Å². The molecule has 1 saturated carbocycles. The van der Waals surface area contributed by atoms with Gasteiger partial charge in [-0.05, 0) is 43.4 Å². The van der Waals surface area contributed by atoms with Gasteiger partial charge in [-0.15, -0.1) is 4.68 Å². The molecule has 3 nitrogen and oxygen atoms in total. The summed E-state index contributed by atoms with van der Waals surface area (Å²) >= 11 is 0. The third-order valence-corrected chi connectivity index (χ3v) is 5.10. The van der Waals surface area contributed by atoms with Gasteiger partial charge in [0.15, 0.2) is 6.20 Å². The molecule has 130 valence electrons. The predicted octanol–water partition coefficient (Wildman–Crippen LogP) is 0.713. The van der Waals surface area contributed by atoms with Crippen molar-refractivity contribution in [2.45, 2.75) is 65.0 Å². The van der Waals surface area contributed by atoms with Crippen LogP contribution < -0.4 is 21.7 Å². The highest BCUT2D eigenvalue weighted by atomic mass is 79.9. The van der Waals surface area contributed by atoms with Gasteiger partial charge < -0.3 is 17.0 Å². The Balaban J connectivity index is 0.00000208. The summed E-state index contributed by atoms with van der Waals surface area (Å²) in [5, 5.41) is 0. The number of halogens is 1. The number of carbonyl (C=O) groups is 1. The number of rotatable bonds is 5. The maximum Gasteiger partial charge on any atom is 0.230 e. The molecule has 24 heavy (non-hydrogen) atoms. The zero-order valence-corrected chi connectivity index (χ0v) is 16.3. The van der Waals surface area contributed by atoms with E-state index in [9.17, 15) is 4.79 Å². The summed E-state index contributed by atoms with van der Waals surface area (Å²) in [4.78, 5) is 12.6. The number of hydrogen-bond acceptors (Lipinski definition) is 1.